The van der Waals surface area contributed by atoms with Crippen LogP contribution in [-0.4, -0.2) is 18.8 Å². The number of hydrogen-bond donors (Lipinski definition) is 0. The van der Waals surface area contributed by atoms with Crippen molar-refractivity contribution in [3.63, 3.8) is 0 Å². The molecule has 25 heavy (non-hydrogen) atoms. The van der Waals surface area contributed by atoms with Crippen molar-refractivity contribution in [1.29, 1.82) is 0 Å². The predicted molar refractivity (Wildman–Crippen MR) is 104 cm³/mol. The summed E-state index contributed by atoms with van der Waals surface area (Å²) in [5.41, 5.74) is 3.42. The molecule has 2 nitrogen and oxygen atoms in total. The zero-order valence-electron chi connectivity index (χ0n) is 14.1. The van der Waals surface area contributed by atoms with E-state index in [0.717, 1.165) is 16.7 Å². The zero-order valence-corrected chi connectivity index (χ0v) is 14.9. The number of carbonyl (C=O) groups excluding carboxylic acids is 1. The molecule has 0 fully saturated rings. The second-order valence-electron chi connectivity index (χ2n) is 5.64. The predicted octanol–water partition coefficient (Wildman–Crippen LogP) is 4.88. The maximum Gasteiger partial charge on any atom is 0.315 e. The molecule has 0 aliphatic rings. The third-order valence-electron chi connectivity index (χ3n) is 4.18. The molecule has 3 aromatic rings. The van der Waals surface area contributed by atoms with Crippen LogP contribution in [0.2, 0.25) is 0 Å². The molecule has 3 aromatic carbocycles. The fourth-order valence-corrected chi connectivity index (χ4v) is 4.36. The molecule has 0 radical (unpaired) electrons. The van der Waals surface area contributed by atoms with Crippen LogP contribution < -0.4 is 0 Å². The Labute approximate surface area is 152 Å². The maximum atomic E-state index is 11.9. The van der Waals surface area contributed by atoms with E-state index >= 15 is 0 Å². The minimum atomic E-state index is -0.474. The average Bonchev–Trinajstić information content (AvgIpc) is 2.71. The summed E-state index contributed by atoms with van der Waals surface area (Å²) in [5.74, 6) is 0.0482. The Morgan fingerprint density at radius 3 is 1.44 bits per heavy atom. The Hall–Kier alpha value is -2.52. The molecule has 0 N–H and O–H groups in total. The number of rotatable bonds is 6. The van der Waals surface area contributed by atoms with Crippen molar-refractivity contribution in [2.75, 3.05) is 12.9 Å². The Kier molecular flexibility index (Phi) is 5.56. The molecule has 0 saturated heterocycles. The summed E-state index contributed by atoms with van der Waals surface area (Å²) in [6.45, 7) is 0. The lowest BCUT2D eigenvalue weighted by Crippen LogP contribution is -2.27. The average molecular weight is 348 g/mol. The molecule has 126 valence electrons. The fraction of sp³-hybridized carbons (Fsp3) is 0.136. The third-order valence-corrected chi connectivity index (χ3v) is 5.70. The molecule has 0 spiro atoms. The van der Waals surface area contributed by atoms with Crippen LogP contribution in [0.3, 0.4) is 0 Å². The minimum Gasteiger partial charge on any atom is -0.468 e. The quantitative estimate of drug-likeness (QED) is 0.469. The van der Waals surface area contributed by atoms with Gasteiger partial charge in [-0.3, -0.25) is 4.79 Å². The second kappa shape index (κ2) is 8.04. The van der Waals surface area contributed by atoms with Crippen LogP contribution in [0.5, 0.6) is 0 Å². The molecular weight excluding hydrogens is 328 g/mol. The van der Waals surface area contributed by atoms with Gasteiger partial charge in [-0.1, -0.05) is 91.0 Å². The van der Waals surface area contributed by atoms with Gasteiger partial charge >= 0.3 is 5.97 Å². The first-order valence-corrected chi connectivity index (χ1v) is 9.13. The van der Waals surface area contributed by atoms with E-state index in [9.17, 15) is 4.79 Å². The van der Waals surface area contributed by atoms with E-state index in [1.807, 2.05) is 54.6 Å². The number of methoxy groups -OCH3 is 1. The second-order valence-corrected chi connectivity index (χ2v) is 6.83. The smallest absolute Gasteiger partial charge is 0.315 e. The highest BCUT2D eigenvalue weighted by molar-refractivity contribution is 8.01. The summed E-state index contributed by atoms with van der Waals surface area (Å²) in [4.78, 5) is 11.9. The van der Waals surface area contributed by atoms with E-state index in [4.69, 9.17) is 4.74 Å². The summed E-state index contributed by atoms with van der Waals surface area (Å²) >= 11 is 1.59. The summed E-state index contributed by atoms with van der Waals surface area (Å²) in [6.07, 6.45) is 0. The standard InChI is InChI=1S/C22H20O2S/c1-24-21(23)17-25-22(18-11-5-2-6-12-18,19-13-7-3-8-14-19)20-15-9-4-10-16-20/h2-16H,17H2,1H3. The first kappa shape index (κ1) is 17.3. The van der Waals surface area contributed by atoms with Crippen LogP contribution in [0.4, 0.5) is 0 Å². The van der Waals surface area contributed by atoms with E-state index in [2.05, 4.69) is 36.4 Å². The fourth-order valence-electron chi connectivity index (χ4n) is 2.99. The van der Waals surface area contributed by atoms with Gasteiger partial charge in [0.05, 0.1) is 17.6 Å². The highest BCUT2D eigenvalue weighted by atomic mass is 32.2. The Morgan fingerprint density at radius 2 is 1.12 bits per heavy atom. The highest BCUT2D eigenvalue weighted by Gasteiger charge is 2.37. The van der Waals surface area contributed by atoms with Crippen molar-refractivity contribution in [2.24, 2.45) is 0 Å². The molecule has 0 unspecified atom stereocenters. The van der Waals surface area contributed by atoms with Crippen molar-refractivity contribution in [3.05, 3.63) is 108 Å². The van der Waals surface area contributed by atoms with E-state index in [-0.39, 0.29) is 11.7 Å². The lowest BCUT2D eigenvalue weighted by Gasteiger charge is -2.35. The molecule has 0 bridgehead atoms. The SMILES string of the molecule is COC(=O)CSC(c1ccccc1)(c1ccccc1)c1ccccc1. The van der Waals surface area contributed by atoms with Crippen LogP contribution in [-0.2, 0) is 14.3 Å². The summed E-state index contributed by atoms with van der Waals surface area (Å²) < 4.78 is 4.42. The number of carbonyl (C=O) groups is 1. The zero-order chi connectivity index (χ0) is 17.5. The highest BCUT2D eigenvalue weighted by Crippen LogP contribution is 2.48. The molecule has 3 rings (SSSR count). The van der Waals surface area contributed by atoms with E-state index in [1.54, 1.807) is 11.8 Å². The van der Waals surface area contributed by atoms with Gasteiger partial charge in [0.25, 0.3) is 0 Å². The van der Waals surface area contributed by atoms with Crippen LogP contribution in [0, 0.1) is 0 Å². The summed E-state index contributed by atoms with van der Waals surface area (Å²) in [7, 11) is 1.43. The van der Waals surface area contributed by atoms with Crippen molar-refractivity contribution in [3.8, 4) is 0 Å². The van der Waals surface area contributed by atoms with Gasteiger partial charge in [-0.25, -0.2) is 0 Å². The molecular formula is C22H20O2S. The van der Waals surface area contributed by atoms with Crippen molar-refractivity contribution in [2.45, 2.75) is 4.75 Å². The lowest BCUT2D eigenvalue weighted by molar-refractivity contribution is -0.137. The van der Waals surface area contributed by atoms with Gasteiger partial charge in [-0.05, 0) is 16.7 Å². The molecule has 0 amide bonds. The summed E-state index contributed by atoms with van der Waals surface area (Å²) in [5, 5.41) is 0. The van der Waals surface area contributed by atoms with Gasteiger partial charge in [0.15, 0.2) is 0 Å². The normalized spacial score (nSPS) is 11.1. The van der Waals surface area contributed by atoms with Gasteiger partial charge < -0.3 is 4.74 Å². The third kappa shape index (κ3) is 3.62. The van der Waals surface area contributed by atoms with E-state index in [1.165, 1.54) is 7.11 Å². The molecule has 0 aliphatic carbocycles. The molecule has 0 heterocycles. The largest absolute Gasteiger partial charge is 0.468 e. The van der Waals surface area contributed by atoms with Gasteiger partial charge in [0, 0.05) is 0 Å². The minimum absolute atomic E-state index is 0.225. The summed E-state index contributed by atoms with van der Waals surface area (Å²) in [6, 6.07) is 30.9. The number of hydrogen-bond acceptors (Lipinski definition) is 3. The van der Waals surface area contributed by atoms with Crippen LogP contribution in [0.15, 0.2) is 91.0 Å². The van der Waals surface area contributed by atoms with E-state index < -0.39 is 4.75 Å². The number of benzene rings is 3. The lowest BCUT2D eigenvalue weighted by atomic mass is 9.84. The topological polar surface area (TPSA) is 26.3 Å². The molecule has 0 aromatic heterocycles. The first-order chi connectivity index (χ1) is 12.3. The molecule has 0 atom stereocenters. The molecule has 0 saturated carbocycles. The Balaban J connectivity index is 2.22. The van der Waals surface area contributed by atoms with Gasteiger partial charge in [-0.2, -0.15) is 0 Å². The van der Waals surface area contributed by atoms with Crippen molar-refractivity contribution in [1.82, 2.24) is 0 Å². The Bertz CT molecular complexity index is 705. The van der Waals surface area contributed by atoms with E-state index in [0.29, 0.717) is 0 Å². The van der Waals surface area contributed by atoms with Crippen LogP contribution in [0.1, 0.15) is 16.7 Å². The number of thioether (sulfide) groups is 1. The number of ether oxygens (including phenoxy) is 1. The Morgan fingerprint density at radius 1 is 0.760 bits per heavy atom. The van der Waals surface area contributed by atoms with Gasteiger partial charge in [-0.15, -0.1) is 11.8 Å². The van der Waals surface area contributed by atoms with Crippen LogP contribution in [0.25, 0.3) is 0 Å². The van der Waals surface area contributed by atoms with Crippen molar-refractivity contribution < 1.29 is 9.53 Å². The van der Waals surface area contributed by atoms with Crippen molar-refractivity contribution >= 4 is 17.7 Å². The molecule has 3 heteroatoms. The van der Waals surface area contributed by atoms with Crippen LogP contribution >= 0.6 is 11.8 Å². The number of esters is 1. The first-order valence-electron chi connectivity index (χ1n) is 8.14. The molecule has 0 aliphatic heterocycles. The monoisotopic (exact) mass is 348 g/mol. The van der Waals surface area contributed by atoms with Gasteiger partial charge in [0.1, 0.15) is 0 Å². The maximum absolute atomic E-state index is 11.9. The van der Waals surface area contributed by atoms with Gasteiger partial charge in [0.2, 0.25) is 0 Å².